The zero-order valence-electron chi connectivity index (χ0n) is 14.2. The molecule has 0 bridgehead atoms. The lowest BCUT2D eigenvalue weighted by Crippen LogP contribution is -1.98. The third-order valence-corrected chi connectivity index (χ3v) is 4.79. The molecule has 0 unspecified atom stereocenters. The number of aryl methyl sites for hydroxylation is 1. The summed E-state index contributed by atoms with van der Waals surface area (Å²) in [6.07, 6.45) is 6.49. The third-order valence-electron chi connectivity index (χ3n) is 3.84. The molecule has 3 rings (SSSR count). The number of benzene rings is 1. The summed E-state index contributed by atoms with van der Waals surface area (Å²) in [5.74, 6) is 1.76. The number of nitrogens with zero attached hydrogens (tertiary/aromatic N) is 2. The van der Waals surface area contributed by atoms with Crippen LogP contribution in [-0.4, -0.2) is 16.6 Å². The van der Waals surface area contributed by atoms with E-state index < -0.39 is 0 Å². The SMILES string of the molecule is CCCCCCOc1ccc(Nc2ncnc3sc(C)cc23)cc1. The first-order valence-electron chi connectivity index (χ1n) is 8.47. The van der Waals surface area contributed by atoms with Crippen molar-refractivity contribution in [3.8, 4) is 5.75 Å². The van der Waals surface area contributed by atoms with Crippen LogP contribution in [0.2, 0.25) is 0 Å². The molecular formula is C19H23N3OS. The molecule has 0 aliphatic rings. The molecule has 0 aliphatic carbocycles. The quantitative estimate of drug-likeness (QED) is 0.534. The molecule has 0 atom stereocenters. The summed E-state index contributed by atoms with van der Waals surface area (Å²) in [4.78, 5) is 10.9. The number of nitrogens with one attached hydrogen (secondary N) is 1. The molecule has 0 aliphatic heterocycles. The van der Waals surface area contributed by atoms with E-state index in [9.17, 15) is 0 Å². The third kappa shape index (κ3) is 4.23. The van der Waals surface area contributed by atoms with E-state index in [1.54, 1.807) is 17.7 Å². The molecule has 24 heavy (non-hydrogen) atoms. The summed E-state index contributed by atoms with van der Waals surface area (Å²) in [7, 11) is 0. The molecule has 4 nitrogen and oxygen atoms in total. The number of unbranched alkanes of at least 4 members (excludes halogenated alkanes) is 3. The second-order valence-electron chi connectivity index (χ2n) is 5.86. The van der Waals surface area contributed by atoms with Crippen molar-refractivity contribution in [3.05, 3.63) is 41.5 Å². The maximum absolute atomic E-state index is 5.78. The first-order chi connectivity index (χ1) is 11.8. The minimum Gasteiger partial charge on any atom is -0.494 e. The van der Waals surface area contributed by atoms with Gasteiger partial charge in [-0.2, -0.15) is 0 Å². The van der Waals surface area contributed by atoms with E-state index >= 15 is 0 Å². The van der Waals surface area contributed by atoms with Gasteiger partial charge in [-0.05, 0) is 43.7 Å². The topological polar surface area (TPSA) is 47.0 Å². The minimum absolute atomic E-state index is 0.785. The molecule has 0 fully saturated rings. The molecule has 1 aromatic carbocycles. The zero-order valence-corrected chi connectivity index (χ0v) is 15.0. The zero-order chi connectivity index (χ0) is 16.8. The Labute approximate surface area is 146 Å². The van der Waals surface area contributed by atoms with E-state index in [-0.39, 0.29) is 0 Å². The van der Waals surface area contributed by atoms with Crippen molar-refractivity contribution in [1.82, 2.24) is 9.97 Å². The number of anilines is 2. The van der Waals surface area contributed by atoms with Crippen LogP contribution in [0.3, 0.4) is 0 Å². The molecule has 1 N–H and O–H groups in total. The van der Waals surface area contributed by atoms with E-state index in [0.717, 1.165) is 40.5 Å². The van der Waals surface area contributed by atoms with Gasteiger partial charge in [-0.3, -0.25) is 0 Å². The van der Waals surface area contributed by atoms with Crippen molar-refractivity contribution < 1.29 is 4.74 Å². The summed E-state index contributed by atoms with van der Waals surface area (Å²) in [5, 5.41) is 4.44. The number of hydrogen-bond acceptors (Lipinski definition) is 5. The van der Waals surface area contributed by atoms with Crippen LogP contribution in [0.15, 0.2) is 36.7 Å². The average Bonchev–Trinajstić information content (AvgIpc) is 2.97. The van der Waals surface area contributed by atoms with Gasteiger partial charge in [0.05, 0.1) is 12.0 Å². The lowest BCUT2D eigenvalue weighted by molar-refractivity contribution is 0.305. The van der Waals surface area contributed by atoms with Crippen LogP contribution in [0, 0.1) is 6.92 Å². The summed E-state index contributed by atoms with van der Waals surface area (Å²) in [5.41, 5.74) is 0.997. The Hall–Kier alpha value is -2.14. The summed E-state index contributed by atoms with van der Waals surface area (Å²) >= 11 is 1.68. The van der Waals surface area contributed by atoms with E-state index in [2.05, 4.69) is 35.2 Å². The van der Waals surface area contributed by atoms with Gasteiger partial charge in [-0.1, -0.05) is 26.2 Å². The lowest BCUT2D eigenvalue weighted by Gasteiger charge is -2.09. The Morgan fingerprint density at radius 3 is 2.71 bits per heavy atom. The van der Waals surface area contributed by atoms with E-state index in [0.29, 0.717) is 0 Å². The number of rotatable bonds is 8. The molecule has 3 aromatic rings. The molecule has 0 spiro atoms. The van der Waals surface area contributed by atoms with Crippen LogP contribution in [-0.2, 0) is 0 Å². The monoisotopic (exact) mass is 341 g/mol. The summed E-state index contributed by atoms with van der Waals surface area (Å²) in [6, 6.07) is 10.2. The van der Waals surface area contributed by atoms with Crippen molar-refractivity contribution in [2.75, 3.05) is 11.9 Å². The molecule has 0 saturated heterocycles. The molecule has 0 radical (unpaired) electrons. The largest absolute Gasteiger partial charge is 0.494 e. The fourth-order valence-corrected chi connectivity index (χ4v) is 3.41. The number of thiophene rings is 1. The lowest BCUT2D eigenvalue weighted by atomic mass is 10.2. The summed E-state index contributed by atoms with van der Waals surface area (Å²) < 4.78 is 5.78. The number of fused-ring (bicyclic) bond motifs is 1. The molecule has 0 saturated carbocycles. The molecule has 2 aromatic heterocycles. The van der Waals surface area contributed by atoms with Gasteiger partial charge < -0.3 is 10.1 Å². The fourth-order valence-electron chi connectivity index (χ4n) is 2.57. The van der Waals surface area contributed by atoms with E-state index in [1.807, 2.05) is 24.3 Å². The number of aromatic nitrogens is 2. The van der Waals surface area contributed by atoms with Crippen LogP contribution in [0.1, 0.15) is 37.5 Å². The van der Waals surface area contributed by atoms with Gasteiger partial charge in [0.1, 0.15) is 22.7 Å². The molecule has 126 valence electrons. The van der Waals surface area contributed by atoms with Crippen molar-refractivity contribution in [2.24, 2.45) is 0 Å². The highest BCUT2D eigenvalue weighted by Gasteiger charge is 2.07. The van der Waals surface area contributed by atoms with Gasteiger partial charge in [0.25, 0.3) is 0 Å². The molecule has 0 amide bonds. The highest BCUT2D eigenvalue weighted by Crippen LogP contribution is 2.29. The van der Waals surface area contributed by atoms with Crippen LogP contribution < -0.4 is 10.1 Å². The Morgan fingerprint density at radius 1 is 1.08 bits per heavy atom. The number of ether oxygens (including phenoxy) is 1. The molecule has 2 heterocycles. The Bertz CT molecular complexity index is 783. The van der Waals surface area contributed by atoms with Gasteiger partial charge in [0, 0.05) is 10.6 Å². The van der Waals surface area contributed by atoms with Crippen LogP contribution >= 0.6 is 11.3 Å². The van der Waals surface area contributed by atoms with E-state index in [1.165, 1.54) is 24.1 Å². The predicted octanol–water partition coefficient (Wildman–Crippen LogP) is 5.70. The van der Waals surface area contributed by atoms with Crippen LogP contribution in [0.5, 0.6) is 5.75 Å². The second-order valence-corrected chi connectivity index (χ2v) is 7.09. The fraction of sp³-hybridized carbons (Fsp3) is 0.368. The highest BCUT2D eigenvalue weighted by molar-refractivity contribution is 7.18. The average molecular weight is 341 g/mol. The first kappa shape index (κ1) is 16.7. The van der Waals surface area contributed by atoms with Gasteiger partial charge in [-0.15, -0.1) is 11.3 Å². The van der Waals surface area contributed by atoms with Gasteiger partial charge >= 0.3 is 0 Å². The standard InChI is InChI=1S/C19H23N3OS/c1-3-4-5-6-11-23-16-9-7-15(8-10-16)22-18-17-12-14(2)24-19(17)21-13-20-18/h7-10,12-13H,3-6,11H2,1-2H3,(H,20,21,22). The van der Waals surface area contributed by atoms with Crippen molar-refractivity contribution in [3.63, 3.8) is 0 Å². The normalized spacial score (nSPS) is 10.9. The Kier molecular flexibility index (Phi) is 5.64. The minimum atomic E-state index is 0.785. The van der Waals surface area contributed by atoms with Crippen molar-refractivity contribution in [2.45, 2.75) is 39.5 Å². The van der Waals surface area contributed by atoms with Crippen LogP contribution in [0.25, 0.3) is 10.2 Å². The van der Waals surface area contributed by atoms with Gasteiger partial charge in [0.2, 0.25) is 0 Å². The maximum atomic E-state index is 5.78. The first-order valence-corrected chi connectivity index (χ1v) is 9.29. The number of hydrogen-bond donors (Lipinski definition) is 1. The smallest absolute Gasteiger partial charge is 0.142 e. The Balaban J connectivity index is 1.61. The highest BCUT2D eigenvalue weighted by atomic mass is 32.1. The summed E-state index contributed by atoms with van der Waals surface area (Å²) in [6.45, 7) is 5.09. The van der Waals surface area contributed by atoms with Gasteiger partial charge in [0.15, 0.2) is 0 Å². The molecule has 5 heteroatoms. The maximum Gasteiger partial charge on any atom is 0.142 e. The van der Waals surface area contributed by atoms with Crippen molar-refractivity contribution >= 4 is 33.1 Å². The Morgan fingerprint density at radius 2 is 1.92 bits per heavy atom. The van der Waals surface area contributed by atoms with Crippen molar-refractivity contribution in [1.29, 1.82) is 0 Å². The van der Waals surface area contributed by atoms with Gasteiger partial charge in [-0.25, -0.2) is 9.97 Å². The predicted molar refractivity (Wildman–Crippen MR) is 102 cm³/mol. The van der Waals surface area contributed by atoms with Crippen LogP contribution in [0.4, 0.5) is 11.5 Å². The second kappa shape index (κ2) is 8.11. The molecular weight excluding hydrogens is 318 g/mol. The van der Waals surface area contributed by atoms with E-state index in [4.69, 9.17) is 4.74 Å².